The summed E-state index contributed by atoms with van der Waals surface area (Å²) >= 11 is 0. The quantitative estimate of drug-likeness (QED) is 0.187. The number of aliphatic hydroxyl groups is 1. The number of aliphatic carboxylic acids is 1. The van der Waals surface area contributed by atoms with Gasteiger partial charge in [0, 0.05) is 25.3 Å². The van der Waals surface area contributed by atoms with Crippen molar-refractivity contribution in [1.82, 2.24) is 5.32 Å². The summed E-state index contributed by atoms with van der Waals surface area (Å²) in [5, 5.41) is 22.4. The molecule has 2 unspecified atom stereocenters. The number of ether oxygens (including phenoxy) is 1. The number of carbonyl (C=O) groups is 3. The van der Waals surface area contributed by atoms with Crippen LogP contribution >= 0.6 is 0 Å². The van der Waals surface area contributed by atoms with Gasteiger partial charge in [-0.1, -0.05) is 40.0 Å². The van der Waals surface area contributed by atoms with Crippen LogP contribution in [0.2, 0.25) is 0 Å². The van der Waals surface area contributed by atoms with Gasteiger partial charge in [-0.15, -0.1) is 0 Å². The minimum Gasteiger partial charge on any atom is -0.479 e. The summed E-state index contributed by atoms with van der Waals surface area (Å²) in [7, 11) is -4.20. The number of carboxylic acid groups (broad SMARTS) is 1. The number of carboxylic acids is 1. The standard InChI is InChI=1S/C22H39NO9S/c1-5-10-17(25)31-18(16-11-7-6-8-12-16)20(22(3,4)19(26)21(27)28)32-33(29,30)14-9-13-23-15(2)24/h16,18-20,26H,5-14H2,1-4H3,(H,23,24)(H,27,28)/t18?,19-,20?/m0/s1. The maximum atomic E-state index is 12.8. The summed E-state index contributed by atoms with van der Waals surface area (Å²) < 4.78 is 36.9. The second kappa shape index (κ2) is 13.2. The van der Waals surface area contributed by atoms with Gasteiger partial charge in [0.2, 0.25) is 5.91 Å². The van der Waals surface area contributed by atoms with Gasteiger partial charge in [0.15, 0.2) is 6.10 Å². The van der Waals surface area contributed by atoms with Crippen LogP contribution in [0, 0.1) is 11.3 Å². The maximum Gasteiger partial charge on any atom is 0.333 e. The fourth-order valence-electron chi connectivity index (χ4n) is 4.08. The van der Waals surface area contributed by atoms with E-state index in [0.717, 1.165) is 19.3 Å². The molecule has 0 aromatic rings. The first-order valence-electron chi connectivity index (χ1n) is 11.6. The van der Waals surface area contributed by atoms with Gasteiger partial charge in [-0.3, -0.25) is 13.8 Å². The van der Waals surface area contributed by atoms with Gasteiger partial charge in [0.05, 0.1) is 5.75 Å². The predicted molar refractivity (Wildman–Crippen MR) is 121 cm³/mol. The lowest BCUT2D eigenvalue weighted by molar-refractivity contribution is -0.177. The Morgan fingerprint density at radius 2 is 1.76 bits per heavy atom. The van der Waals surface area contributed by atoms with Crippen LogP contribution in [0.5, 0.6) is 0 Å². The lowest BCUT2D eigenvalue weighted by Crippen LogP contribution is -2.55. The van der Waals surface area contributed by atoms with Crippen LogP contribution in [0.3, 0.4) is 0 Å². The van der Waals surface area contributed by atoms with Gasteiger partial charge in [-0.25, -0.2) is 4.79 Å². The second-order valence-corrected chi connectivity index (χ2v) is 11.0. The summed E-state index contributed by atoms with van der Waals surface area (Å²) in [5.41, 5.74) is -1.59. The van der Waals surface area contributed by atoms with Gasteiger partial charge in [0.25, 0.3) is 10.1 Å². The molecule has 0 aliphatic heterocycles. The maximum absolute atomic E-state index is 12.8. The molecule has 0 aromatic carbocycles. The summed E-state index contributed by atoms with van der Waals surface area (Å²) in [6.45, 7) is 6.04. The van der Waals surface area contributed by atoms with Crippen LogP contribution in [0.4, 0.5) is 0 Å². The van der Waals surface area contributed by atoms with E-state index in [-0.39, 0.29) is 31.2 Å². The van der Waals surface area contributed by atoms with Crippen molar-refractivity contribution in [2.45, 2.75) is 97.4 Å². The first-order chi connectivity index (χ1) is 15.3. The molecule has 1 fully saturated rings. The molecule has 1 amide bonds. The molecule has 0 spiro atoms. The third-order valence-electron chi connectivity index (χ3n) is 6.00. The molecule has 0 saturated heterocycles. The van der Waals surface area contributed by atoms with Crippen LogP contribution < -0.4 is 5.32 Å². The molecule has 0 radical (unpaired) electrons. The molecule has 0 aromatic heterocycles. The van der Waals surface area contributed by atoms with Crippen molar-refractivity contribution in [2.24, 2.45) is 11.3 Å². The highest BCUT2D eigenvalue weighted by atomic mass is 32.2. The molecule has 10 nitrogen and oxygen atoms in total. The van der Waals surface area contributed by atoms with Gasteiger partial charge in [-0.2, -0.15) is 8.42 Å². The molecule has 1 saturated carbocycles. The lowest BCUT2D eigenvalue weighted by atomic mass is 9.72. The molecular weight excluding hydrogens is 454 g/mol. The van der Waals surface area contributed by atoms with E-state index in [1.54, 1.807) is 0 Å². The minimum atomic E-state index is -4.20. The molecule has 0 bridgehead atoms. The number of hydrogen-bond donors (Lipinski definition) is 3. The normalized spacial score (nSPS) is 18.2. The van der Waals surface area contributed by atoms with Crippen LogP contribution in [-0.4, -0.2) is 67.1 Å². The van der Waals surface area contributed by atoms with Gasteiger partial charge in [-0.05, 0) is 31.6 Å². The Kier molecular flexibility index (Phi) is 11.8. The van der Waals surface area contributed by atoms with Crippen molar-refractivity contribution in [3.8, 4) is 0 Å². The van der Waals surface area contributed by atoms with Gasteiger partial charge >= 0.3 is 11.9 Å². The number of nitrogens with one attached hydrogen (secondary N) is 1. The van der Waals surface area contributed by atoms with Crippen LogP contribution in [0.1, 0.15) is 79.1 Å². The van der Waals surface area contributed by atoms with Gasteiger partial charge in [0.1, 0.15) is 12.2 Å². The first-order valence-corrected chi connectivity index (χ1v) is 13.1. The Morgan fingerprint density at radius 3 is 2.27 bits per heavy atom. The SMILES string of the molecule is CCCC(=O)OC(C1CCCCC1)C(OS(=O)(=O)CCCNC(C)=O)C(C)(C)[C@@H](O)C(=O)O. The molecule has 3 atom stereocenters. The number of amides is 1. The number of carbonyl (C=O) groups excluding carboxylic acids is 2. The fourth-order valence-corrected chi connectivity index (χ4v) is 5.35. The second-order valence-electron chi connectivity index (χ2n) is 9.28. The first kappa shape index (κ1) is 29.3. The zero-order chi connectivity index (χ0) is 25.2. The summed E-state index contributed by atoms with van der Waals surface area (Å²) in [4.78, 5) is 35.0. The highest BCUT2D eigenvalue weighted by Gasteiger charge is 2.50. The third kappa shape index (κ3) is 9.58. The number of esters is 1. The Hall–Kier alpha value is -1.72. The average Bonchev–Trinajstić information content (AvgIpc) is 2.73. The molecule has 1 rings (SSSR count). The van der Waals surface area contributed by atoms with E-state index in [0.29, 0.717) is 19.3 Å². The van der Waals surface area contributed by atoms with E-state index in [1.807, 2.05) is 6.92 Å². The van der Waals surface area contributed by atoms with E-state index >= 15 is 0 Å². The van der Waals surface area contributed by atoms with Crippen molar-refractivity contribution >= 4 is 28.0 Å². The van der Waals surface area contributed by atoms with E-state index in [1.165, 1.54) is 20.8 Å². The summed E-state index contributed by atoms with van der Waals surface area (Å²) in [6, 6.07) is 0. The number of aliphatic hydroxyl groups excluding tert-OH is 1. The van der Waals surface area contributed by atoms with Crippen LogP contribution in [0.25, 0.3) is 0 Å². The van der Waals surface area contributed by atoms with E-state index in [4.69, 9.17) is 8.92 Å². The predicted octanol–water partition coefficient (Wildman–Crippen LogP) is 1.99. The zero-order valence-corrected chi connectivity index (χ0v) is 20.9. The Morgan fingerprint density at radius 1 is 1.15 bits per heavy atom. The summed E-state index contributed by atoms with van der Waals surface area (Å²) in [6.07, 6.45) is 0.434. The molecule has 1 aliphatic rings. The molecule has 33 heavy (non-hydrogen) atoms. The smallest absolute Gasteiger partial charge is 0.333 e. The van der Waals surface area contributed by atoms with Crippen molar-refractivity contribution in [1.29, 1.82) is 0 Å². The van der Waals surface area contributed by atoms with Crippen LogP contribution in [0.15, 0.2) is 0 Å². The summed E-state index contributed by atoms with van der Waals surface area (Å²) in [5.74, 6) is -3.00. The third-order valence-corrected chi connectivity index (χ3v) is 7.29. The molecule has 192 valence electrons. The lowest BCUT2D eigenvalue weighted by Gasteiger charge is -2.43. The zero-order valence-electron chi connectivity index (χ0n) is 20.0. The van der Waals surface area contributed by atoms with Crippen molar-refractivity contribution in [2.75, 3.05) is 12.3 Å². The number of hydrogen-bond acceptors (Lipinski definition) is 8. The largest absolute Gasteiger partial charge is 0.479 e. The molecule has 3 N–H and O–H groups in total. The highest BCUT2D eigenvalue weighted by molar-refractivity contribution is 7.86. The Labute approximate surface area is 196 Å². The minimum absolute atomic E-state index is 0.0836. The van der Waals surface area contributed by atoms with E-state index in [2.05, 4.69) is 5.32 Å². The highest BCUT2D eigenvalue weighted by Crippen LogP contribution is 2.39. The fraction of sp³-hybridized carbons (Fsp3) is 0.864. The molecule has 1 aliphatic carbocycles. The average molecular weight is 494 g/mol. The topological polar surface area (TPSA) is 156 Å². The van der Waals surface area contributed by atoms with E-state index in [9.17, 15) is 33.0 Å². The van der Waals surface area contributed by atoms with Crippen molar-refractivity contribution < 1.29 is 41.9 Å². The van der Waals surface area contributed by atoms with Crippen molar-refractivity contribution in [3.05, 3.63) is 0 Å². The monoisotopic (exact) mass is 493 g/mol. The number of rotatable bonds is 14. The Balaban J connectivity index is 3.29. The van der Waals surface area contributed by atoms with E-state index < -0.39 is 51.5 Å². The Bertz CT molecular complexity index is 760. The molecular formula is C22H39NO9S. The van der Waals surface area contributed by atoms with Crippen molar-refractivity contribution in [3.63, 3.8) is 0 Å². The van der Waals surface area contributed by atoms with Gasteiger partial charge < -0.3 is 20.3 Å². The molecule has 11 heteroatoms. The van der Waals surface area contributed by atoms with Crippen LogP contribution in [-0.2, 0) is 33.4 Å². The molecule has 0 heterocycles.